The van der Waals surface area contributed by atoms with Gasteiger partial charge >= 0.3 is 0 Å². The van der Waals surface area contributed by atoms with E-state index in [4.69, 9.17) is 0 Å². The van der Waals surface area contributed by atoms with Gasteiger partial charge in [0.2, 0.25) is 0 Å². The highest BCUT2D eigenvalue weighted by Gasteiger charge is 2.20. The van der Waals surface area contributed by atoms with E-state index in [-0.39, 0.29) is 0 Å². The third kappa shape index (κ3) is 3.57. The second kappa shape index (κ2) is 5.96. The molecule has 0 saturated heterocycles. The van der Waals surface area contributed by atoms with E-state index in [0.717, 1.165) is 31.6 Å². The molecule has 5 nitrogen and oxygen atoms in total. The number of nitrogens with one attached hydrogen (secondary N) is 1. The van der Waals surface area contributed by atoms with Gasteiger partial charge in [0, 0.05) is 26.6 Å². The molecular weight excluding hydrogens is 204 g/mol. The van der Waals surface area contributed by atoms with Gasteiger partial charge < -0.3 is 15.0 Å². The van der Waals surface area contributed by atoms with E-state index in [1.165, 1.54) is 0 Å². The molecule has 0 atom stereocenters. The SMILES string of the molecule is CCC(O)(CC)CNCCc1nncn1C. The Morgan fingerprint density at radius 3 is 2.62 bits per heavy atom. The molecule has 0 saturated carbocycles. The molecule has 92 valence electrons. The summed E-state index contributed by atoms with van der Waals surface area (Å²) in [5.41, 5.74) is -0.570. The Bertz CT molecular complexity index is 307. The normalized spacial score (nSPS) is 12.0. The molecule has 1 aromatic rings. The van der Waals surface area contributed by atoms with Gasteiger partial charge in [-0.05, 0) is 12.8 Å². The summed E-state index contributed by atoms with van der Waals surface area (Å²) >= 11 is 0. The van der Waals surface area contributed by atoms with Crippen LogP contribution >= 0.6 is 0 Å². The predicted molar refractivity (Wildman–Crippen MR) is 63.1 cm³/mol. The van der Waals surface area contributed by atoms with Crippen molar-refractivity contribution < 1.29 is 5.11 Å². The number of aryl methyl sites for hydroxylation is 1. The second-order valence-electron chi connectivity index (χ2n) is 4.22. The molecule has 0 bridgehead atoms. The Morgan fingerprint density at radius 1 is 1.44 bits per heavy atom. The Hall–Kier alpha value is -0.940. The summed E-state index contributed by atoms with van der Waals surface area (Å²) < 4.78 is 1.91. The van der Waals surface area contributed by atoms with Crippen LogP contribution in [0.25, 0.3) is 0 Å². The summed E-state index contributed by atoms with van der Waals surface area (Å²) in [6, 6.07) is 0. The van der Waals surface area contributed by atoms with Gasteiger partial charge in [-0.15, -0.1) is 10.2 Å². The molecule has 0 aliphatic carbocycles. The van der Waals surface area contributed by atoms with Crippen LogP contribution in [0.3, 0.4) is 0 Å². The molecular formula is C11H22N4O. The minimum Gasteiger partial charge on any atom is -0.389 e. The molecule has 0 unspecified atom stereocenters. The molecule has 0 aliphatic rings. The minimum absolute atomic E-state index is 0.570. The van der Waals surface area contributed by atoms with E-state index >= 15 is 0 Å². The van der Waals surface area contributed by atoms with Crippen LogP contribution in [0.15, 0.2) is 6.33 Å². The van der Waals surface area contributed by atoms with Crippen LogP contribution in [-0.4, -0.2) is 38.6 Å². The molecule has 0 amide bonds. The van der Waals surface area contributed by atoms with Gasteiger partial charge in [-0.1, -0.05) is 13.8 Å². The highest BCUT2D eigenvalue weighted by Crippen LogP contribution is 2.12. The summed E-state index contributed by atoms with van der Waals surface area (Å²) in [6.07, 6.45) is 4.09. The lowest BCUT2D eigenvalue weighted by Gasteiger charge is -2.25. The van der Waals surface area contributed by atoms with Crippen molar-refractivity contribution >= 4 is 0 Å². The quantitative estimate of drug-likeness (QED) is 0.665. The summed E-state index contributed by atoms with van der Waals surface area (Å²) in [4.78, 5) is 0. The Labute approximate surface area is 96.9 Å². The smallest absolute Gasteiger partial charge is 0.133 e. The van der Waals surface area contributed by atoms with Crippen LogP contribution < -0.4 is 5.32 Å². The van der Waals surface area contributed by atoms with Crippen LogP contribution in [-0.2, 0) is 13.5 Å². The average molecular weight is 226 g/mol. The maximum atomic E-state index is 10.0. The molecule has 1 aromatic heterocycles. The van der Waals surface area contributed by atoms with Gasteiger partial charge in [0.1, 0.15) is 12.2 Å². The predicted octanol–water partition coefficient (Wildman–Crippen LogP) is 0.498. The molecule has 1 heterocycles. The van der Waals surface area contributed by atoms with E-state index in [1.807, 2.05) is 25.5 Å². The molecule has 2 N–H and O–H groups in total. The summed E-state index contributed by atoms with van der Waals surface area (Å²) in [5.74, 6) is 0.962. The zero-order valence-electron chi connectivity index (χ0n) is 10.4. The van der Waals surface area contributed by atoms with Gasteiger partial charge in [-0.3, -0.25) is 0 Å². The topological polar surface area (TPSA) is 63.0 Å². The first-order valence-corrected chi connectivity index (χ1v) is 5.87. The van der Waals surface area contributed by atoms with Gasteiger partial charge in [-0.25, -0.2) is 0 Å². The van der Waals surface area contributed by atoms with E-state index in [2.05, 4.69) is 15.5 Å². The Balaban J connectivity index is 2.24. The van der Waals surface area contributed by atoms with E-state index < -0.39 is 5.60 Å². The van der Waals surface area contributed by atoms with Crippen molar-refractivity contribution in [3.05, 3.63) is 12.2 Å². The van der Waals surface area contributed by atoms with Gasteiger partial charge in [0.25, 0.3) is 0 Å². The first-order valence-electron chi connectivity index (χ1n) is 5.87. The van der Waals surface area contributed by atoms with E-state index in [0.29, 0.717) is 6.54 Å². The molecule has 0 radical (unpaired) electrons. The third-order valence-corrected chi connectivity index (χ3v) is 3.10. The highest BCUT2D eigenvalue weighted by atomic mass is 16.3. The molecule has 5 heteroatoms. The largest absolute Gasteiger partial charge is 0.389 e. The van der Waals surface area contributed by atoms with Crippen LogP contribution in [0.5, 0.6) is 0 Å². The first kappa shape index (κ1) is 13.1. The fourth-order valence-corrected chi connectivity index (χ4v) is 1.55. The number of aromatic nitrogens is 3. The van der Waals surface area contributed by atoms with Gasteiger partial charge in [-0.2, -0.15) is 0 Å². The van der Waals surface area contributed by atoms with Gasteiger partial charge in [0.15, 0.2) is 0 Å². The molecule has 0 aromatic carbocycles. The minimum atomic E-state index is -0.570. The summed E-state index contributed by atoms with van der Waals surface area (Å²) in [7, 11) is 1.93. The van der Waals surface area contributed by atoms with Crippen molar-refractivity contribution in [1.82, 2.24) is 20.1 Å². The van der Waals surface area contributed by atoms with Crippen molar-refractivity contribution in [2.75, 3.05) is 13.1 Å². The molecule has 0 fully saturated rings. The zero-order chi connectivity index (χ0) is 12.0. The van der Waals surface area contributed by atoms with Crippen molar-refractivity contribution in [2.24, 2.45) is 7.05 Å². The lowest BCUT2D eigenvalue weighted by atomic mass is 9.98. The maximum Gasteiger partial charge on any atom is 0.133 e. The number of rotatable bonds is 7. The first-order chi connectivity index (χ1) is 7.61. The number of hydrogen-bond donors (Lipinski definition) is 2. The maximum absolute atomic E-state index is 10.0. The van der Waals surface area contributed by atoms with E-state index in [1.54, 1.807) is 6.33 Å². The molecule has 16 heavy (non-hydrogen) atoms. The summed E-state index contributed by atoms with van der Waals surface area (Å²) in [5, 5.41) is 21.1. The lowest BCUT2D eigenvalue weighted by Crippen LogP contribution is -2.40. The van der Waals surface area contributed by atoms with Crippen molar-refractivity contribution in [1.29, 1.82) is 0 Å². The number of aliphatic hydroxyl groups is 1. The van der Waals surface area contributed by atoms with Crippen LogP contribution in [0.2, 0.25) is 0 Å². The number of hydrogen-bond acceptors (Lipinski definition) is 4. The van der Waals surface area contributed by atoms with Gasteiger partial charge in [0.05, 0.1) is 5.60 Å². The van der Waals surface area contributed by atoms with Crippen LogP contribution in [0.4, 0.5) is 0 Å². The molecule has 0 spiro atoms. The second-order valence-corrected chi connectivity index (χ2v) is 4.22. The Morgan fingerprint density at radius 2 is 2.12 bits per heavy atom. The third-order valence-electron chi connectivity index (χ3n) is 3.10. The van der Waals surface area contributed by atoms with E-state index in [9.17, 15) is 5.11 Å². The number of nitrogens with zero attached hydrogens (tertiary/aromatic N) is 3. The van der Waals surface area contributed by atoms with Crippen molar-refractivity contribution in [3.8, 4) is 0 Å². The summed E-state index contributed by atoms with van der Waals surface area (Å²) in [6.45, 7) is 5.47. The Kier molecular flexibility index (Phi) is 4.89. The fourth-order valence-electron chi connectivity index (χ4n) is 1.55. The van der Waals surface area contributed by atoms with Crippen molar-refractivity contribution in [2.45, 2.75) is 38.7 Å². The van der Waals surface area contributed by atoms with Crippen LogP contribution in [0, 0.1) is 0 Å². The van der Waals surface area contributed by atoms with Crippen LogP contribution in [0.1, 0.15) is 32.5 Å². The average Bonchev–Trinajstić information content (AvgIpc) is 2.70. The standard InChI is InChI=1S/C11H22N4O/c1-4-11(16,5-2)8-12-7-6-10-14-13-9-15(10)3/h9,12,16H,4-8H2,1-3H3. The lowest BCUT2D eigenvalue weighted by molar-refractivity contribution is 0.0328. The molecule has 1 rings (SSSR count). The van der Waals surface area contributed by atoms with Crippen molar-refractivity contribution in [3.63, 3.8) is 0 Å². The fraction of sp³-hybridized carbons (Fsp3) is 0.818. The molecule has 0 aliphatic heterocycles. The monoisotopic (exact) mass is 226 g/mol. The zero-order valence-corrected chi connectivity index (χ0v) is 10.4. The highest BCUT2D eigenvalue weighted by molar-refractivity contribution is 4.85.